The van der Waals surface area contributed by atoms with Crippen molar-refractivity contribution in [3.05, 3.63) is 59.9 Å². The summed E-state index contributed by atoms with van der Waals surface area (Å²) >= 11 is 0. The maximum absolute atomic E-state index is 13.9. The van der Waals surface area contributed by atoms with Crippen molar-refractivity contribution in [1.29, 1.82) is 0 Å². The van der Waals surface area contributed by atoms with E-state index in [0.717, 1.165) is 22.5 Å². The Labute approximate surface area is 110 Å². The number of fused-ring (bicyclic) bond motifs is 1. The third-order valence-corrected chi connectivity index (χ3v) is 3.35. The second-order valence-electron chi connectivity index (χ2n) is 4.50. The van der Waals surface area contributed by atoms with E-state index in [0.29, 0.717) is 12.1 Å². The molecule has 0 unspecified atom stereocenters. The summed E-state index contributed by atoms with van der Waals surface area (Å²) in [6.45, 7) is 2.36. The van der Waals surface area contributed by atoms with E-state index in [1.54, 1.807) is 18.5 Å². The molecular formula is C15H14FN3. The molecule has 4 heteroatoms. The van der Waals surface area contributed by atoms with Gasteiger partial charge in [-0.1, -0.05) is 18.2 Å². The van der Waals surface area contributed by atoms with Gasteiger partial charge >= 0.3 is 0 Å². The third-order valence-electron chi connectivity index (χ3n) is 3.35. The van der Waals surface area contributed by atoms with Crippen molar-refractivity contribution in [2.75, 3.05) is 0 Å². The minimum Gasteiger partial charge on any atom is -0.325 e. The maximum Gasteiger partial charge on any atom is 0.131 e. The van der Waals surface area contributed by atoms with Gasteiger partial charge in [0.05, 0.1) is 12.0 Å². The predicted molar refractivity (Wildman–Crippen MR) is 73.2 cm³/mol. The van der Waals surface area contributed by atoms with Crippen molar-refractivity contribution in [3.8, 4) is 11.1 Å². The standard InChI is InChI=1S/C15H14FN3/c1-10-14(13-4-2-3-5-15(13)16)7-12-6-11(8-17)18-9-19(10)12/h2-7,9H,8,17H2,1H3. The lowest BCUT2D eigenvalue weighted by molar-refractivity contribution is 0.631. The van der Waals surface area contributed by atoms with Crippen LogP contribution in [0.25, 0.3) is 16.6 Å². The Bertz CT molecular complexity index is 746. The van der Waals surface area contributed by atoms with Crippen LogP contribution < -0.4 is 5.73 Å². The highest BCUT2D eigenvalue weighted by atomic mass is 19.1. The zero-order valence-corrected chi connectivity index (χ0v) is 10.6. The van der Waals surface area contributed by atoms with Gasteiger partial charge < -0.3 is 10.1 Å². The zero-order chi connectivity index (χ0) is 13.4. The molecular weight excluding hydrogens is 241 g/mol. The number of aryl methyl sites for hydroxylation is 1. The summed E-state index contributed by atoms with van der Waals surface area (Å²) in [5.74, 6) is -0.214. The van der Waals surface area contributed by atoms with Crippen molar-refractivity contribution in [3.63, 3.8) is 0 Å². The molecule has 0 aliphatic rings. The first-order chi connectivity index (χ1) is 9.20. The molecule has 1 aromatic carbocycles. The molecule has 0 aliphatic carbocycles. The largest absolute Gasteiger partial charge is 0.325 e. The molecule has 0 spiro atoms. The number of hydrogen-bond acceptors (Lipinski definition) is 2. The van der Waals surface area contributed by atoms with Gasteiger partial charge in [-0.15, -0.1) is 0 Å². The van der Waals surface area contributed by atoms with E-state index in [4.69, 9.17) is 5.73 Å². The molecule has 0 amide bonds. The summed E-state index contributed by atoms with van der Waals surface area (Å²) in [4.78, 5) is 4.26. The molecule has 0 saturated carbocycles. The smallest absolute Gasteiger partial charge is 0.131 e. The van der Waals surface area contributed by atoms with Crippen LogP contribution in [0.15, 0.2) is 42.7 Å². The van der Waals surface area contributed by atoms with Gasteiger partial charge in [0.1, 0.15) is 5.82 Å². The molecule has 0 radical (unpaired) electrons. The molecule has 0 atom stereocenters. The highest BCUT2D eigenvalue weighted by Crippen LogP contribution is 2.29. The number of nitrogens with zero attached hydrogens (tertiary/aromatic N) is 2. The van der Waals surface area contributed by atoms with Gasteiger partial charge in [0.2, 0.25) is 0 Å². The molecule has 96 valence electrons. The lowest BCUT2D eigenvalue weighted by Crippen LogP contribution is -2.01. The summed E-state index contributed by atoms with van der Waals surface area (Å²) < 4.78 is 15.8. The van der Waals surface area contributed by atoms with Gasteiger partial charge in [-0.05, 0) is 25.1 Å². The Morgan fingerprint density at radius 1 is 1.21 bits per heavy atom. The van der Waals surface area contributed by atoms with Gasteiger partial charge in [0.15, 0.2) is 0 Å². The molecule has 3 aromatic rings. The molecule has 0 saturated heterocycles. The number of benzene rings is 1. The van der Waals surface area contributed by atoms with E-state index in [1.807, 2.05) is 29.5 Å². The molecule has 0 bridgehead atoms. The molecule has 0 fully saturated rings. The van der Waals surface area contributed by atoms with E-state index >= 15 is 0 Å². The number of rotatable bonds is 2. The molecule has 19 heavy (non-hydrogen) atoms. The maximum atomic E-state index is 13.9. The summed E-state index contributed by atoms with van der Waals surface area (Å²) in [6.07, 6.45) is 1.73. The Kier molecular flexibility index (Phi) is 2.80. The first-order valence-corrected chi connectivity index (χ1v) is 6.12. The fourth-order valence-corrected chi connectivity index (χ4v) is 2.31. The highest BCUT2D eigenvalue weighted by Gasteiger charge is 2.12. The van der Waals surface area contributed by atoms with Crippen molar-refractivity contribution in [2.24, 2.45) is 5.73 Å². The van der Waals surface area contributed by atoms with Crippen molar-refractivity contribution < 1.29 is 4.39 Å². The van der Waals surface area contributed by atoms with Crippen LogP contribution in [-0.2, 0) is 6.54 Å². The van der Waals surface area contributed by atoms with Gasteiger partial charge in [-0.25, -0.2) is 9.37 Å². The number of aromatic nitrogens is 2. The van der Waals surface area contributed by atoms with Gasteiger partial charge in [0.25, 0.3) is 0 Å². The number of hydrogen-bond donors (Lipinski definition) is 1. The zero-order valence-electron chi connectivity index (χ0n) is 10.6. The van der Waals surface area contributed by atoms with E-state index < -0.39 is 0 Å². The first kappa shape index (κ1) is 11.9. The third kappa shape index (κ3) is 1.90. The Balaban J connectivity index is 2.25. The van der Waals surface area contributed by atoms with Crippen LogP contribution in [-0.4, -0.2) is 9.38 Å². The van der Waals surface area contributed by atoms with E-state index in [-0.39, 0.29) is 5.82 Å². The van der Waals surface area contributed by atoms with Crippen LogP contribution in [0.3, 0.4) is 0 Å². The second kappa shape index (κ2) is 4.48. The fourth-order valence-electron chi connectivity index (χ4n) is 2.31. The summed E-state index contributed by atoms with van der Waals surface area (Å²) in [5.41, 5.74) is 9.85. The second-order valence-corrected chi connectivity index (χ2v) is 4.50. The minimum absolute atomic E-state index is 0.214. The summed E-state index contributed by atoms with van der Waals surface area (Å²) in [6, 6.07) is 10.7. The molecule has 2 aromatic heterocycles. The van der Waals surface area contributed by atoms with Gasteiger partial charge in [-0.3, -0.25) is 0 Å². The van der Waals surface area contributed by atoms with Crippen LogP contribution in [0.2, 0.25) is 0 Å². The Hall–Kier alpha value is -2.20. The average Bonchev–Trinajstić information content (AvgIpc) is 2.76. The van der Waals surface area contributed by atoms with E-state index in [9.17, 15) is 4.39 Å². The summed E-state index contributed by atoms with van der Waals surface area (Å²) in [7, 11) is 0. The average molecular weight is 255 g/mol. The van der Waals surface area contributed by atoms with Crippen LogP contribution in [0, 0.1) is 12.7 Å². The summed E-state index contributed by atoms with van der Waals surface area (Å²) in [5, 5.41) is 0. The van der Waals surface area contributed by atoms with Crippen LogP contribution in [0.5, 0.6) is 0 Å². The molecule has 0 aliphatic heterocycles. The Morgan fingerprint density at radius 3 is 2.74 bits per heavy atom. The van der Waals surface area contributed by atoms with E-state index in [2.05, 4.69) is 4.98 Å². The molecule has 3 nitrogen and oxygen atoms in total. The van der Waals surface area contributed by atoms with Crippen LogP contribution in [0.4, 0.5) is 4.39 Å². The lowest BCUT2D eigenvalue weighted by Gasteiger charge is -2.03. The number of halogens is 1. The van der Waals surface area contributed by atoms with Crippen LogP contribution >= 0.6 is 0 Å². The SMILES string of the molecule is Cc1c(-c2ccccc2F)cc2cc(CN)ncn12. The van der Waals surface area contributed by atoms with Crippen molar-refractivity contribution in [2.45, 2.75) is 13.5 Å². The van der Waals surface area contributed by atoms with Crippen LogP contribution in [0.1, 0.15) is 11.4 Å². The normalized spacial score (nSPS) is 11.1. The van der Waals surface area contributed by atoms with Gasteiger partial charge in [-0.2, -0.15) is 0 Å². The molecule has 3 rings (SSSR count). The highest BCUT2D eigenvalue weighted by molar-refractivity contribution is 5.74. The number of nitrogens with two attached hydrogens (primary N) is 1. The monoisotopic (exact) mass is 255 g/mol. The van der Waals surface area contributed by atoms with Crippen molar-refractivity contribution >= 4 is 5.52 Å². The quantitative estimate of drug-likeness (QED) is 0.765. The Morgan fingerprint density at radius 2 is 2.00 bits per heavy atom. The topological polar surface area (TPSA) is 43.3 Å². The van der Waals surface area contributed by atoms with Gasteiger partial charge in [0, 0.05) is 28.9 Å². The fraction of sp³-hybridized carbons (Fsp3) is 0.133. The molecule has 2 heterocycles. The first-order valence-electron chi connectivity index (χ1n) is 6.12. The lowest BCUT2D eigenvalue weighted by atomic mass is 10.1. The minimum atomic E-state index is -0.214. The predicted octanol–water partition coefficient (Wildman–Crippen LogP) is 2.91. The van der Waals surface area contributed by atoms with E-state index in [1.165, 1.54) is 6.07 Å². The molecule has 2 N–H and O–H groups in total. The van der Waals surface area contributed by atoms with Crippen molar-refractivity contribution in [1.82, 2.24) is 9.38 Å².